The summed E-state index contributed by atoms with van der Waals surface area (Å²) >= 11 is 0. The average molecular weight is 306 g/mol. The fourth-order valence-corrected chi connectivity index (χ4v) is 3.17. The van der Waals surface area contributed by atoms with Crippen LogP contribution in [0.15, 0.2) is 0 Å². The summed E-state index contributed by atoms with van der Waals surface area (Å²) in [7, 11) is 5.40. The molecule has 1 fully saturated rings. The van der Waals surface area contributed by atoms with Crippen LogP contribution in [-0.2, 0) is 23.1 Å². The summed E-state index contributed by atoms with van der Waals surface area (Å²) in [6, 6.07) is -0.279. The topological polar surface area (TPSA) is 58.4 Å². The Kier molecular flexibility index (Phi) is 4.88. The Morgan fingerprint density at radius 2 is 2.00 bits per heavy atom. The molecule has 1 aliphatic rings. The summed E-state index contributed by atoms with van der Waals surface area (Å²) < 4.78 is 1.85. The predicted molar refractivity (Wildman–Crippen MR) is 84.4 cm³/mol. The van der Waals surface area contributed by atoms with Crippen molar-refractivity contribution in [1.82, 2.24) is 19.6 Å². The zero-order valence-corrected chi connectivity index (χ0v) is 14.2. The molecule has 0 bridgehead atoms. The lowest BCUT2D eigenvalue weighted by Gasteiger charge is -2.26. The first-order valence-electron chi connectivity index (χ1n) is 7.82. The summed E-state index contributed by atoms with van der Waals surface area (Å²) in [6.07, 6.45) is 2.79. The quantitative estimate of drug-likeness (QED) is 0.835. The number of carbonyl (C=O) groups is 2. The van der Waals surface area contributed by atoms with Gasteiger partial charge in [0.15, 0.2) is 0 Å². The molecule has 0 N–H and O–H groups in total. The highest BCUT2D eigenvalue weighted by molar-refractivity contribution is 5.88. The second-order valence-corrected chi connectivity index (χ2v) is 6.25. The summed E-state index contributed by atoms with van der Waals surface area (Å²) in [5.41, 5.74) is 3.23. The van der Waals surface area contributed by atoms with Crippen molar-refractivity contribution < 1.29 is 9.59 Å². The number of hydrogen-bond acceptors (Lipinski definition) is 3. The first-order valence-corrected chi connectivity index (χ1v) is 7.82. The monoisotopic (exact) mass is 306 g/mol. The van der Waals surface area contributed by atoms with Crippen LogP contribution in [0.5, 0.6) is 0 Å². The van der Waals surface area contributed by atoms with Crippen LogP contribution >= 0.6 is 0 Å². The first-order chi connectivity index (χ1) is 10.3. The van der Waals surface area contributed by atoms with E-state index in [0.717, 1.165) is 29.8 Å². The van der Waals surface area contributed by atoms with Gasteiger partial charge in [-0.2, -0.15) is 5.10 Å². The molecule has 2 rings (SSSR count). The highest BCUT2D eigenvalue weighted by atomic mass is 16.2. The molecule has 1 atom stereocenters. The number of rotatable bonds is 4. The molecule has 0 aromatic carbocycles. The molecule has 2 amide bonds. The van der Waals surface area contributed by atoms with Crippen molar-refractivity contribution in [3.63, 3.8) is 0 Å². The number of likely N-dealkylation sites (N-methyl/N-ethyl adjacent to an activating group) is 1. The van der Waals surface area contributed by atoms with Crippen LogP contribution in [0.2, 0.25) is 0 Å². The van der Waals surface area contributed by atoms with Gasteiger partial charge in [-0.1, -0.05) is 0 Å². The Labute approximate surface area is 132 Å². The Morgan fingerprint density at radius 1 is 1.32 bits per heavy atom. The fourth-order valence-electron chi connectivity index (χ4n) is 3.17. The number of aryl methyl sites for hydroxylation is 2. The number of nitrogens with zero attached hydrogens (tertiary/aromatic N) is 4. The first kappa shape index (κ1) is 16.5. The van der Waals surface area contributed by atoms with Crippen molar-refractivity contribution in [2.75, 3.05) is 20.6 Å². The smallest absolute Gasteiger partial charge is 0.244 e. The summed E-state index contributed by atoms with van der Waals surface area (Å²) in [5.74, 6) is 0.0972. The molecule has 22 heavy (non-hydrogen) atoms. The van der Waals surface area contributed by atoms with Gasteiger partial charge in [0.05, 0.1) is 5.69 Å². The van der Waals surface area contributed by atoms with E-state index in [4.69, 9.17) is 0 Å². The van der Waals surface area contributed by atoms with Crippen LogP contribution in [0, 0.1) is 13.8 Å². The average Bonchev–Trinajstić information content (AvgIpc) is 3.02. The van der Waals surface area contributed by atoms with Crippen LogP contribution in [0.25, 0.3) is 0 Å². The summed E-state index contributed by atoms with van der Waals surface area (Å²) in [4.78, 5) is 28.0. The van der Waals surface area contributed by atoms with E-state index < -0.39 is 0 Å². The second-order valence-electron chi connectivity index (χ2n) is 6.25. The Bertz CT molecular complexity index is 577. The fraction of sp³-hybridized carbons (Fsp3) is 0.688. The maximum atomic E-state index is 12.5. The molecule has 0 spiro atoms. The normalized spacial score (nSPS) is 17.9. The minimum Gasteiger partial charge on any atom is -0.347 e. The van der Waals surface area contributed by atoms with Gasteiger partial charge < -0.3 is 9.80 Å². The van der Waals surface area contributed by atoms with Crippen LogP contribution in [0.4, 0.5) is 0 Å². The minimum absolute atomic E-state index is 0.0274. The third kappa shape index (κ3) is 3.15. The van der Waals surface area contributed by atoms with E-state index in [2.05, 4.69) is 5.10 Å². The Hall–Kier alpha value is -1.85. The lowest BCUT2D eigenvalue weighted by molar-refractivity contribution is -0.142. The molecule has 2 heterocycles. The van der Waals surface area contributed by atoms with Crippen molar-refractivity contribution in [3.05, 3.63) is 17.0 Å². The minimum atomic E-state index is -0.279. The van der Waals surface area contributed by atoms with Crippen LogP contribution in [-0.4, -0.2) is 58.1 Å². The number of amides is 2. The molecular formula is C16H26N4O2. The Balaban J connectivity index is 2.01. The van der Waals surface area contributed by atoms with Crippen LogP contribution < -0.4 is 0 Å². The van der Waals surface area contributed by atoms with Gasteiger partial charge in [0.25, 0.3) is 0 Å². The van der Waals surface area contributed by atoms with Crippen molar-refractivity contribution in [3.8, 4) is 0 Å². The van der Waals surface area contributed by atoms with Crippen molar-refractivity contribution in [2.45, 2.75) is 45.6 Å². The van der Waals surface area contributed by atoms with Crippen molar-refractivity contribution in [2.24, 2.45) is 7.05 Å². The second kappa shape index (κ2) is 6.50. The van der Waals surface area contributed by atoms with Gasteiger partial charge in [-0.15, -0.1) is 0 Å². The summed E-state index contributed by atoms with van der Waals surface area (Å²) in [6.45, 7) is 4.68. The molecule has 0 aliphatic carbocycles. The number of carbonyl (C=O) groups excluding carboxylic acids is 2. The van der Waals surface area contributed by atoms with Crippen LogP contribution in [0.3, 0.4) is 0 Å². The van der Waals surface area contributed by atoms with E-state index in [-0.39, 0.29) is 17.9 Å². The predicted octanol–water partition coefficient (Wildman–Crippen LogP) is 1.05. The largest absolute Gasteiger partial charge is 0.347 e. The van der Waals surface area contributed by atoms with Gasteiger partial charge in [0, 0.05) is 39.8 Å². The van der Waals surface area contributed by atoms with E-state index >= 15 is 0 Å². The maximum Gasteiger partial charge on any atom is 0.244 e. The van der Waals surface area contributed by atoms with Gasteiger partial charge in [-0.3, -0.25) is 14.3 Å². The molecule has 1 aromatic rings. The molecule has 1 unspecified atom stereocenters. The van der Waals surface area contributed by atoms with Gasteiger partial charge >= 0.3 is 0 Å². The zero-order valence-electron chi connectivity index (χ0n) is 14.2. The van der Waals surface area contributed by atoms with E-state index in [1.165, 1.54) is 0 Å². The van der Waals surface area contributed by atoms with Crippen molar-refractivity contribution in [1.29, 1.82) is 0 Å². The molecular weight excluding hydrogens is 280 g/mol. The van der Waals surface area contributed by atoms with Gasteiger partial charge in [-0.05, 0) is 38.7 Å². The summed E-state index contributed by atoms with van der Waals surface area (Å²) in [5, 5.41) is 4.38. The van der Waals surface area contributed by atoms with E-state index in [1.807, 2.05) is 25.6 Å². The number of hydrogen-bond donors (Lipinski definition) is 0. The SMILES string of the molecule is Cc1nn(C)c(C)c1CCC(=O)N1CCCC1C(=O)N(C)C. The van der Waals surface area contributed by atoms with Crippen molar-refractivity contribution >= 4 is 11.8 Å². The standard InChI is InChI=1S/C16H26N4O2/c1-11-13(12(2)19(5)17-11)8-9-15(21)20-10-6-7-14(20)16(22)18(3)4/h14H,6-10H2,1-5H3. The van der Waals surface area contributed by atoms with Gasteiger partial charge in [0.1, 0.15) is 6.04 Å². The maximum absolute atomic E-state index is 12.5. The van der Waals surface area contributed by atoms with Gasteiger partial charge in [-0.25, -0.2) is 0 Å². The highest BCUT2D eigenvalue weighted by Gasteiger charge is 2.34. The molecule has 1 aliphatic heterocycles. The number of likely N-dealkylation sites (tertiary alicyclic amines) is 1. The lowest BCUT2D eigenvalue weighted by atomic mass is 10.1. The molecule has 122 valence electrons. The Morgan fingerprint density at radius 3 is 2.55 bits per heavy atom. The van der Waals surface area contributed by atoms with Gasteiger partial charge in [0.2, 0.25) is 11.8 Å². The molecule has 1 saturated heterocycles. The third-order valence-electron chi connectivity index (χ3n) is 4.55. The van der Waals surface area contributed by atoms with E-state index in [1.54, 1.807) is 23.9 Å². The molecule has 6 heteroatoms. The lowest BCUT2D eigenvalue weighted by Crippen LogP contribution is -2.45. The number of aromatic nitrogens is 2. The third-order valence-corrected chi connectivity index (χ3v) is 4.55. The molecule has 6 nitrogen and oxygen atoms in total. The molecule has 0 saturated carbocycles. The zero-order chi connectivity index (χ0) is 16.4. The van der Waals surface area contributed by atoms with E-state index in [9.17, 15) is 9.59 Å². The highest BCUT2D eigenvalue weighted by Crippen LogP contribution is 2.21. The molecule has 0 radical (unpaired) electrons. The molecule has 1 aromatic heterocycles. The van der Waals surface area contributed by atoms with Crippen LogP contribution in [0.1, 0.15) is 36.2 Å². The van der Waals surface area contributed by atoms with E-state index in [0.29, 0.717) is 19.4 Å².